The Morgan fingerprint density at radius 3 is 2.33 bits per heavy atom. The van der Waals surface area contributed by atoms with Crippen LogP contribution in [0.2, 0.25) is 0 Å². The van der Waals surface area contributed by atoms with Crippen LogP contribution in [0.25, 0.3) is 21.8 Å². The molecule has 0 aliphatic rings. The van der Waals surface area contributed by atoms with E-state index in [1.807, 2.05) is 0 Å². The van der Waals surface area contributed by atoms with E-state index in [0.29, 0.717) is 22.0 Å². The number of ether oxygens (including phenoxy) is 1. The number of aromatic nitrogens is 2. The van der Waals surface area contributed by atoms with E-state index in [9.17, 15) is 35.5 Å². The number of halogens is 7. The number of aryl methyl sites for hydroxylation is 1. The second-order valence-corrected chi connectivity index (χ2v) is 5.69. The van der Waals surface area contributed by atoms with E-state index in [1.54, 1.807) is 13.0 Å². The fourth-order valence-electron chi connectivity index (χ4n) is 2.49. The Labute approximate surface area is 145 Å². The maximum Gasteiger partial charge on any atom is 0.460 e. The Balaban J connectivity index is 1.96. The first-order valence-corrected chi connectivity index (χ1v) is 7.28. The number of nitrogens with zero attached hydrogens (tertiary/aromatic N) is 1. The number of fused-ring (bicyclic) bond motifs is 3. The van der Waals surface area contributed by atoms with Crippen LogP contribution in [0.15, 0.2) is 30.5 Å². The molecule has 3 rings (SSSR count). The Hall–Kier alpha value is -2.85. The van der Waals surface area contributed by atoms with Crippen LogP contribution in [-0.4, -0.2) is 34.0 Å². The van der Waals surface area contributed by atoms with Crippen molar-refractivity contribution in [3.63, 3.8) is 0 Å². The molecule has 0 unspecified atom stereocenters. The summed E-state index contributed by atoms with van der Waals surface area (Å²) >= 11 is 0. The molecule has 0 saturated carbocycles. The number of nitrogens with one attached hydrogen (secondary N) is 1. The topological polar surface area (TPSA) is 55.0 Å². The van der Waals surface area contributed by atoms with Crippen LogP contribution in [0.3, 0.4) is 0 Å². The van der Waals surface area contributed by atoms with Crippen molar-refractivity contribution in [2.24, 2.45) is 0 Å². The van der Waals surface area contributed by atoms with Crippen molar-refractivity contribution in [1.29, 1.82) is 0 Å². The van der Waals surface area contributed by atoms with Crippen LogP contribution in [0.4, 0.5) is 30.7 Å². The maximum absolute atomic E-state index is 13.4. The second kappa shape index (κ2) is 5.83. The molecule has 4 nitrogen and oxygen atoms in total. The van der Waals surface area contributed by atoms with Crippen LogP contribution < -0.4 is 4.74 Å². The van der Waals surface area contributed by atoms with Crippen molar-refractivity contribution < 1.29 is 40.3 Å². The summed E-state index contributed by atoms with van der Waals surface area (Å²) in [6.07, 6.45) is -5.10. The molecule has 144 valence electrons. The summed E-state index contributed by atoms with van der Waals surface area (Å²) in [6.45, 7) is 1.69. The lowest BCUT2D eigenvalue weighted by molar-refractivity contribution is -0.346. The number of rotatable bonds is 3. The third-order valence-corrected chi connectivity index (χ3v) is 3.90. The highest BCUT2D eigenvalue weighted by Gasteiger charge is 2.77. The highest BCUT2D eigenvalue weighted by Crippen LogP contribution is 2.47. The number of carbonyl (C=O) groups excluding carboxylic acids is 1. The van der Waals surface area contributed by atoms with Crippen molar-refractivity contribution in [2.45, 2.75) is 24.9 Å². The van der Waals surface area contributed by atoms with Gasteiger partial charge >= 0.3 is 24.0 Å². The molecule has 0 saturated heterocycles. The van der Waals surface area contributed by atoms with Gasteiger partial charge in [-0.1, -0.05) is 0 Å². The number of alkyl halides is 7. The molecule has 2 aromatic heterocycles. The molecule has 0 atom stereocenters. The highest BCUT2D eigenvalue weighted by atomic mass is 19.4. The molecule has 0 radical (unpaired) electrons. The van der Waals surface area contributed by atoms with Gasteiger partial charge in [-0.25, -0.2) is 4.79 Å². The number of hydrogen-bond donors (Lipinski definition) is 1. The summed E-state index contributed by atoms with van der Waals surface area (Å²) < 4.78 is 93.0. The smallest absolute Gasteiger partial charge is 0.422 e. The molecule has 0 bridgehead atoms. The number of esters is 1. The van der Waals surface area contributed by atoms with Gasteiger partial charge in [0.1, 0.15) is 5.75 Å². The zero-order valence-electron chi connectivity index (χ0n) is 13.3. The predicted octanol–water partition coefficient (Wildman–Crippen LogP) is 4.76. The molecule has 0 amide bonds. The molecule has 0 spiro atoms. The molecule has 0 aliphatic carbocycles. The van der Waals surface area contributed by atoms with Crippen molar-refractivity contribution >= 4 is 27.8 Å². The lowest BCUT2D eigenvalue weighted by Gasteiger charge is -2.26. The number of benzene rings is 1. The van der Waals surface area contributed by atoms with Gasteiger partial charge in [0.15, 0.2) is 0 Å². The zero-order chi connectivity index (χ0) is 20.2. The lowest BCUT2D eigenvalue weighted by Crippen LogP contribution is -2.57. The maximum atomic E-state index is 13.4. The van der Waals surface area contributed by atoms with Gasteiger partial charge in [-0.15, -0.1) is 0 Å². The first-order valence-electron chi connectivity index (χ1n) is 7.28. The zero-order valence-corrected chi connectivity index (χ0v) is 13.3. The average Bonchev–Trinajstić information content (AvgIpc) is 2.93. The molecule has 1 aromatic carbocycles. The van der Waals surface area contributed by atoms with Crippen molar-refractivity contribution in [3.8, 4) is 5.75 Å². The standard InChI is InChI=1S/C16H9F7N2O2/c1-7-12-10(4-5-24-7)9-3-2-8(6-11(9)25-12)27-13(26)14(17,18)15(19,20)16(21,22)23/h2-6,25H,1H3. The SMILES string of the molecule is Cc1nccc2c1[nH]c1cc(OC(=O)C(F)(F)C(F)(F)C(F)(F)F)ccc12. The largest absolute Gasteiger partial charge is 0.460 e. The minimum absolute atomic E-state index is 0.289. The van der Waals surface area contributed by atoms with Crippen molar-refractivity contribution in [1.82, 2.24) is 9.97 Å². The summed E-state index contributed by atoms with van der Waals surface area (Å²) in [5, 5.41) is 1.30. The third kappa shape index (κ3) is 2.86. The molecular weight excluding hydrogens is 385 g/mol. The number of aromatic amines is 1. The van der Waals surface area contributed by atoms with Crippen molar-refractivity contribution in [2.75, 3.05) is 0 Å². The summed E-state index contributed by atoms with van der Waals surface area (Å²) in [6, 6.07) is 5.04. The van der Waals surface area contributed by atoms with Crippen LogP contribution >= 0.6 is 0 Å². The molecule has 1 N–H and O–H groups in total. The third-order valence-electron chi connectivity index (χ3n) is 3.90. The van der Waals surface area contributed by atoms with Gasteiger partial charge in [0, 0.05) is 23.0 Å². The van der Waals surface area contributed by atoms with Gasteiger partial charge in [0.05, 0.1) is 16.7 Å². The van der Waals surface area contributed by atoms with Gasteiger partial charge in [-0.2, -0.15) is 30.7 Å². The van der Waals surface area contributed by atoms with Gasteiger partial charge in [-0.05, 0) is 25.1 Å². The van der Waals surface area contributed by atoms with Gasteiger partial charge in [0.2, 0.25) is 0 Å². The minimum Gasteiger partial charge on any atom is -0.422 e. The predicted molar refractivity (Wildman–Crippen MR) is 79.9 cm³/mol. The molecule has 2 heterocycles. The molecule has 0 fully saturated rings. The van der Waals surface area contributed by atoms with Crippen LogP contribution in [-0.2, 0) is 4.79 Å². The van der Waals surface area contributed by atoms with Crippen molar-refractivity contribution in [3.05, 3.63) is 36.2 Å². The number of hydrogen-bond acceptors (Lipinski definition) is 3. The van der Waals surface area contributed by atoms with Crippen LogP contribution in [0.1, 0.15) is 5.69 Å². The second-order valence-electron chi connectivity index (χ2n) is 5.69. The van der Waals surface area contributed by atoms with Crippen LogP contribution in [0.5, 0.6) is 5.75 Å². The highest BCUT2D eigenvalue weighted by molar-refractivity contribution is 6.08. The molecule has 11 heteroatoms. The Morgan fingerprint density at radius 2 is 1.70 bits per heavy atom. The lowest BCUT2D eigenvalue weighted by atomic mass is 10.1. The monoisotopic (exact) mass is 394 g/mol. The van der Waals surface area contributed by atoms with E-state index >= 15 is 0 Å². The van der Waals surface area contributed by atoms with E-state index < -0.39 is 29.7 Å². The first kappa shape index (κ1) is 18.9. The molecule has 3 aromatic rings. The number of pyridine rings is 1. The van der Waals surface area contributed by atoms with E-state index in [1.165, 1.54) is 12.3 Å². The van der Waals surface area contributed by atoms with Gasteiger partial charge in [0.25, 0.3) is 0 Å². The Kier molecular flexibility index (Phi) is 4.08. The summed E-state index contributed by atoms with van der Waals surface area (Å²) in [7, 11) is 0. The van der Waals surface area contributed by atoms with E-state index in [-0.39, 0.29) is 5.52 Å². The van der Waals surface area contributed by atoms with E-state index in [4.69, 9.17) is 0 Å². The molecular formula is C16H9F7N2O2. The quantitative estimate of drug-likeness (QED) is 0.396. The summed E-state index contributed by atoms with van der Waals surface area (Å²) in [5.41, 5.74) is 1.50. The van der Waals surface area contributed by atoms with Gasteiger partial charge in [-0.3, -0.25) is 4.98 Å². The summed E-state index contributed by atoms with van der Waals surface area (Å²) in [5.74, 6) is -16.3. The Morgan fingerprint density at radius 1 is 1.04 bits per heavy atom. The fraction of sp³-hybridized carbons (Fsp3) is 0.250. The molecule has 27 heavy (non-hydrogen) atoms. The van der Waals surface area contributed by atoms with E-state index in [0.717, 1.165) is 12.1 Å². The minimum atomic E-state index is -6.62. The van der Waals surface area contributed by atoms with Gasteiger partial charge < -0.3 is 9.72 Å². The summed E-state index contributed by atoms with van der Waals surface area (Å²) in [4.78, 5) is 18.3. The molecule has 0 aliphatic heterocycles. The van der Waals surface area contributed by atoms with E-state index in [2.05, 4.69) is 14.7 Å². The number of H-pyrrole nitrogens is 1. The fourth-order valence-corrected chi connectivity index (χ4v) is 2.49. The first-order chi connectivity index (χ1) is 12.4. The average molecular weight is 394 g/mol. The van der Waals surface area contributed by atoms with Crippen LogP contribution in [0, 0.1) is 6.92 Å². The number of carbonyl (C=O) groups is 1. The normalized spacial score (nSPS) is 13.3. The Bertz CT molecular complexity index is 1040.